The van der Waals surface area contributed by atoms with Gasteiger partial charge in [0.2, 0.25) is 0 Å². The van der Waals surface area contributed by atoms with Crippen LogP contribution in [-0.2, 0) is 12.8 Å². The van der Waals surface area contributed by atoms with Gasteiger partial charge in [-0.1, -0.05) is 38.5 Å². The lowest BCUT2D eigenvalue weighted by molar-refractivity contribution is 0.505. The number of hydrogen-bond donors (Lipinski definition) is 0. The van der Waals surface area contributed by atoms with E-state index in [1.54, 1.807) is 12.1 Å². The highest BCUT2D eigenvalue weighted by atomic mass is 19.2. The molecule has 3 aromatic rings. The van der Waals surface area contributed by atoms with Crippen LogP contribution in [0.15, 0.2) is 36.4 Å². The van der Waals surface area contributed by atoms with Gasteiger partial charge >= 0.3 is 0 Å². The van der Waals surface area contributed by atoms with E-state index in [9.17, 15) is 8.78 Å². The summed E-state index contributed by atoms with van der Waals surface area (Å²) in [6.07, 6.45) is 3.36. The van der Waals surface area contributed by atoms with Crippen LogP contribution in [0.5, 0.6) is 0 Å². The average Bonchev–Trinajstić information content (AvgIpc) is 2.55. The summed E-state index contributed by atoms with van der Waals surface area (Å²) in [6.45, 7) is 4.14. The number of aryl methyl sites for hydroxylation is 2. The highest BCUT2D eigenvalue weighted by Gasteiger charge is 2.14. The van der Waals surface area contributed by atoms with Gasteiger partial charge in [0.05, 0.1) is 0 Å². The van der Waals surface area contributed by atoms with Gasteiger partial charge in [0, 0.05) is 5.39 Å². The minimum Gasteiger partial charge on any atom is -0.203 e. The Morgan fingerprint density at radius 1 is 0.818 bits per heavy atom. The second-order valence-corrected chi connectivity index (χ2v) is 5.88. The van der Waals surface area contributed by atoms with Gasteiger partial charge in [-0.25, -0.2) is 8.78 Å². The van der Waals surface area contributed by atoms with E-state index in [0.717, 1.165) is 35.4 Å². The first-order valence-corrected chi connectivity index (χ1v) is 7.97. The Bertz CT molecular complexity index is 834. The Morgan fingerprint density at radius 2 is 1.64 bits per heavy atom. The third kappa shape index (κ3) is 2.58. The van der Waals surface area contributed by atoms with Crippen LogP contribution in [0.1, 0.15) is 37.8 Å². The summed E-state index contributed by atoms with van der Waals surface area (Å²) < 4.78 is 28.6. The van der Waals surface area contributed by atoms with Gasteiger partial charge in [0.1, 0.15) is 0 Å². The van der Waals surface area contributed by atoms with Crippen molar-refractivity contribution in [2.75, 3.05) is 0 Å². The molecule has 0 amide bonds. The molecule has 0 aliphatic rings. The fourth-order valence-electron chi connectivity index (χ4n) is 2.95. The van der Waals surface area contributed by atoms with Crippen LogP contribution in [0.2, 0.25) is 0 Å². The number of halogens is 2. The van der Waals surface area contributed by atoms with Crippen LogP contribution < -0.4 is 0 Å². The molecular weight excluding hydrogens is 278 g/mol. The van der Waals surface area contributed by atoms with Crippen LogP contribution >= 0.6 is 0 Å². The standard InChI is InChI=1S/C20H20F2/c1-3-5-6-15-11-17-10-14-8-7-13(4-2)9-16(14)12-18(17)20(22)19(15)21/h7-12H,3-6H2,1-2H3. The van der Waals surface area contributed by atoms with Gasteiger partial charge in [-0.05, 0) is 64.7 Å². The Morgan fingerprint density at radius 3 is 2.36 bits per heavy atom. The number of benzene rings is 3. The number of hydrogen-bond acceptors (Lipinski definition) is 0. The molecule has 0 saturated carbocycles. The van der Waals surface area contributed by atoms with Crippen LogP contribution in [0.4, 0.5) is 8.78 Å². The van der Waals surface area contributed by atoms with Crippen molar-refractivity contribution in [2.24, 2.45) is 0 Å². The smallest absolute Gasteiger partial charge is 0.166 e. The molecule has 114 valence electrons. The number of unbranched alkanes of at least 4 members (excludes halogenated alkanes) is 1. The predicted molar refractivity (Wildman–Crippen MR) is 89.4 cm³/mol. The second kappa shape index (κ2) is 6.04. The molecule has 2 heteroatoms. The molecule has 22 heavy (non-hydrogen) atoms. The summed E-state index contributed by atoms with van der Waals surface area (Å²) in [5.74, 6) is -1.40. The molecule has 0 fully saturated rings. The maximum absolute atomic E-state index is 14.4. The monoisotopic (exact) mass is 298 g/mol. The molecule has 0 nitrogen and oxygen atoms in total. The first-order valence-electron chi connectivity index (χ1n) is 7.97. The van der Waals surface area contributed by atoms with Gasteiger partial charge < -0.3 is 0 Å². The van der Waals surface area contributed by atoms with E-state index < -0.39 is 11.6 Å². The summed E-state index contributed by atoms with van der Waals surface area (Å²) in [7, 11) is 0. The minimum atomic E-state index is -0.715. The fraction of sp³-hybridized carbons (Fsp3) is 0.300. The van der Waals surface area contributed by atoms with Crippen molar-refractivity contribution >= 4 is 21.5 Å². The van der Waals surface area contributed by atoms with Crippen molar-refractivity contribution in [1.82, 2.24) is 0 Å². The molecule has 0 unspecified atom stereocenters. The lowest BCUT2D eigenvalue weighted by Crippen LogP contribution is -1.96. The Labute approximate surface area is 129 Å². The van der Waals surface area contributed by atoms with Crippen LogP contribution in [-0.4, -0.2) is 0 Å². The quantitative estimate of drug-likeness (QED) is 0.505. The maximum atomic E-state index is 14.4. The SMILES string of the molecule is CCCCc1cc2cc3ccc(CC)cc3cc2c(F)c1F. The maximum Gasteiger partial charge on any atom is 0.166 e. The van der Waals surface area contributed by atoms with Crippen molar-refractivity contribution in [2.45, 2.75) is 39.5 Å². The van der Waals surface area contributed by atoms with E-state index in [4.69, 9.17) is 0 Å². The normalized spacial score (nSPS) is 11.5. The largest absolute Gasteiger partial charge is 0.203 e. The summed E-state index contributed by atoms with van der Waals surface area (Å²) in [5.41, 5.74) is 1.68. The first kappa shape index (κ1) is 15.0. The zero-order valence-electron chi connectivity index (χ0n) is 13.0. The Kier molecular flexibility index (Phi) is 4.10. The topological polar surface area (TPSA) is 0 Å². The molecule has 0 N–H and O–H groups in total. The van der Waals surface area contributed by atoms with Crippen molar-refractivity contribution in [3.63, 3.8) is 0 Å². The van der Waals surface area contributed by atoms with Crippen molar-refractivity contribution < 1.29 is 8.78 Å². The summed E-state index contributed by atoms with van der Waals surface area (Å²) in [6, 6.07) is 11.7. The molecule has 0 bridgehead atoms. The Hall–Kier alpha value is -1.96. The molecule has 3 rings (SSSR count). The first-order chi connectivity index (χ1) is 10.6. The highest BCUT2D eigenvalue weighted by molar-refractivity contribution is 5.99. The van der Waals surface area contributed by atoms with E-state index in [1.807, 2.05) is 13.0 Å². The zero-order chi connectivity index (χ0) is 15.7. The van der Waals surface area contributed by atoms with E-state index in [1.165, 1.54) is 5.56 Å². The van der Waals surface area contributed by atoms with Crippen molar-refractivity contribution in [3.8, 4) is 0 Å². The van der Waals surface area contributed by atoms with Gasteiger partial charge in [0.15, 0.2) is 11.6 Å². The summed E-state index contributed by atoms with van der Waals surface area (Å²) in [5, 5.41) is 3.18. The molecule has 0 atom stereocenters. The van der Waals surface area contributed by atoms with Crippen LogP contribution in [0.3, 0.4) is 0 Å². The predicted octanol–water partition coefficient (Wildman–Crippen LogP) is 6.18. The van der Waals surface area contributed by atoms with E-state index in [0.29, 0.717) is 17.4 Å². The van der Waals surface area contributed by atoms with Gasteiger partial charge in [-0.15, -0.1) is 0 Å². The molecule has 0 radical (unpaired) electrons. The molecule has 0 aliphatic carbocycles. The molecular formula is C20H20F2. The highest BCUT2D eigenvalue weighted by Crippen LogP contribution is 2.29. The lowest BCUT2D eigenvalue weighted by atomic mass is 9.97. The Balaban J connectivity index is 2.23. The van der Waals surface area contributed by atoms with Crippen molar-refractivity contribution in [1.29, 1.82) is 0 Å². The van der Waals surface area contributed by atoms with Crippen LogP contribution in [0, 0.1) is 11.6 Å². The fourth-order valence-corrected chi connectivity index (χ4v) is 2.95. The van der Waals surface area contributed by atoms with E-state index in [2.05, 4.69) is 25.1 Å². The van der Waals surface area contributed by atoms with Gasteiger partial charge in [-0.3, -0.25) is 0 Å². The summed E-state index contributed by atoms with van der Waals surface area (Å²) in [4.78, 5) is 0. The molecule has 0 aromatic heterocycles. The molecule has 0 saturated heterocycles. The summed E-state index contributed by atoms with van der Waals surface area (Å²) >= 11 is 0. The second-order valence-electron chi connectivity index (χ2n) is 5.88. The van der Waals surface area contributed by atoms with E-state index >= 15 is 0 Å². The minimum absolute atomic E-state index is 0.374. The molecule has 0 aliphatic heterocycles. The van der Waals surface area contributed by atoms with Gasteiger partial charge in [0.25, 0.3) is 0 Å². The van der Waals surface area contributed by atoms with Gasteiger partial charge in [-0.2, -0.15) is 0 Å². The molecule has 0 spiro atoms. The lowest BCUT2D eigenvalue weighted by Gasteiger charge is -2.10. The third-order valence-corrected chi connectivity index (χ3v) is 4.32. The number of fused-ring (bicyclic) bond motifs is 2. The van der Waals surface area contributed by atoms with Crippen molar-refractivity contribution in [3.05, 3.63) is 59.2 Å². The number of rotatable bonds is 4. The molecule has 3 aromatic carbocycles. The molecule has 0 heterocycles. The average molecular weight is 298 g/mol. The zero-order valence-corrected chi connectivity index (χ0v) is 13.0. The third-order valence-electron chi connectivity index (χ3n) is 4.32. The van der Waals surface area contributed by atoms with Crippen LogP contribution in [0.25, 0.3) is 21.5 Å². The van der Waals surface area contributed by atoms with E-state index in [-0.39, 0.29) is 0 Å².